The molecule has 0 unspecified atom stereocenters. The van der Waals surface area contributed by atoms with Crippen LogP contribution in [0, 0.1) is 6.92 Å². The maximum Gasteiger partial charge on any atom is 0.234 e. The Kier molecular flexibility index (Phi) is 6.89. The molecule has 0 saturated heterocycles. The number of hydrogen-bond acceptors (Lipinski definition) is 6. The third kappa shape index (κ3) is 5.24. The van der Waals surface area contributed by atoms with Crippen LogP contribution in [0.5, 0.6) is 5.75 Å². The predicted molar refractivity (Wildman–Crippen MR) is 110 cm³/mol. The summed E-state index contributed by atoms with van der Waals surface area (Å²) >= 11 is 7.27. The van der Waals surface area contributed by atoms with Gasteiger partial charge in [0.25, 0.3) is 0 Å². The number of rotatable bonds is 8. The second kappa shape index (κ2) is 9.57. The van der Waals surface area contributed by atoms with Crippen LogP contribution in [0.15, 0.2) is 47.8 Å². The Labute approximate surface area is 172 Å². The number of hydrogen-bond donors (Lipinski definition) is 1. The molecule has 9 heteroatoms. The number of nitrogens with one attached hydrogen (secondary N) is 1. The van der Waals surface area contributed by atoms with Crippen molar-refractivity contribution in [3.05, 3.63) is 59.1 Å². The molecule has 0 saturated carbocycles. The van der Waals surface area contributed by atoms with Gasteiger partial charge in [-0.3, -0.25) is 4.79 Å². The van der Waals surface area contributed by atoms with Gasteiger partial charge in [0.15, 0.2) is 16.1 Å². The summed E-state index contributed by atoms with van der Waals surface area (Å²) in [6, 6.07) is 11.2. The zero-order valence-corrected chi connectivity index (χ0v) is 17.1. The Balaban J connectivity index is 1.58. The van der Waals surface area contributed by atoms with Gasteiger partial charge in [0.2, 0.25) is 5.91 Å². The lowest BCUT2D eigenvalue weighted by Crippen LogP contribution is -2.15. The highest BCUT2D eigenvalue weighted by Gasteiger charge is 2.14. The fourth-order valence-electron chi connectivity index (χ4n) is 2.50. The quantitative estimate of drug-likeness (QED) is 0.441. The van der Waals surface area contributed by atoms with E-state index in [0.717, 1.165) is 11.3 Å². The van der Waals surface area contributed by atoms with Crippen molar-refractivity contribution in [3.63, 3.8) is 0 Å². The lowest BCUT2D eigenvalue weighted by atomic mass is 10.2. The normalized spacial score (nSPS) is 10.7. The monoisotopic (exact) mass is 417 g/mol. The largest absolute Gasteiger partial charge is 0.486 e. The number of benzene rings is 1. The van der Waals surface area contributed by atoms with Crippen LogP contribution >= 0.6 is 23.4 Å². The SMILES string of the molecule is CCn1c(COc2cccc(C)c2)nnc1SCC(=O)Nc1cccnc1Cl. The van der Waals surface area contributed by atoms with E-state index in [1.807, 2.05) is 42.7 Å². The molecule has 3 aromatic rings. The van der Waals surface area contributed by atoms with Crippen molar-refractivity contribution >= 4 is 35.0 Å². The minimum Gasteiger partial charge on any atom is -0.486 e. The minimum atomic E-state index is -0.192. The molecule has 1 amide bonds. The van der Waals surface area contributed by atoms with E-state index in [9.17, 15) is 4.79 Å². The highest BCUT2D eigenvalue weighted by Crippen LogP contribution is 2.21. The van der Waals surface area contributed by atoms with Crippen molar-refractivity contribution in [1.29, 1.82) is 0 Å². The van der Waals surface area contributed by atoms with Crippen molar-refractivity contribution in [2.75, 3.05) is 11.1 Å². The Morgan fingerprint density at radius 3 is 2.89 bits per heavy atom. The Morgan fingerprint density at radius 1 is 1.29 bits per heavy atom. The van der Waals surface area contributed by atoms with Crippen LogP contribution < -0.4 is 10.1 Å². The second-order valence-electron chi connectivity index (χ2n) is 5.93. The topological polar surface area (TPSA) is 81.9 Å². The number of aryl methyl sites for hydroxylation is 1. The molecule has 2 heterocycles. The number of thioether (sulfide) groups is 1. The van der Waals surface area contributed by atoms with Crippen LogP contribution in [0.1, 0.15) is 18.3 Å². The number of nitrogens with zero attached hydrogens (tertiary/aromatic N) is 4. The van der Waals surface area contributed by atoms with Gasteiger partial charge in [0.05, 0.1) is 11.4 Å². The third-order valence-corrected chi connectivity index (χ3v) is 5.10. The zero-order valence-electron chi connectivity index (χ0n) is 15.6. The van der Waals surface area contributed by atoms with Crippen LogP contribution in [0.3, 0.4) is 0 Å². The molecule has 1 N–H and O–H groups in total. The number of aromatic nitrogens is 4. The smallest absolute Gasteiger partial charge is 0.234 e. The number of carbonyl (C=O) groups is 1. The van der Waals surface area contributed by atoms with Gasteiger partial charge in [-0.05, 0) is 43.7 Å². The van der Waals surface area contributed by atoms with Crippen LogP contribution in [0.25, 0.3) is 0 Å². The molecule has 146 valence electrons. The first-order valence-corrected chi connectivity index (χ1v) is 10.1. The fourth-order valence-corrected chi connectivity index (χ4v) is 3.49. The molecule has 7 nitrogen and oxygen atoms in total. The van der Waals surface area contributed by atoms with Gasteiger partial charge in [-0.25, -0.2) is 4.98 Å². The summed E-state index contributed by atoms with van der Waals surface area (Å²) in [5.41, 5.74) is 1.62. The van der Waals surface area contributed by atoms with Crippen LogP contribution in [0.4, 0.5) is 5.69 Å². The number of pyridine rings is 1. The number of carbonyl (C=O) groups excluding carboxylic acids is 1. The Hall–Kier alpha value is -2.58. The molecule has 0 atom stereocenters. The Bertz CT molecular complexity index is 963. The molecule has 0 aliphatic carbocycles. The molecule has 2 aromatic heterocycles. The molecular weight excluding hydrogens is 398 g/mol. The fraction of sp³-hybridized carbons (Fsp3) is 0.263. The van der Waals surface area contributed by atoms with E-state index in [1.165, 1.54) is 11.8 Å². The molecule has 3 rings (SSSR count). The van der Waals surface area contributed by atoms with Crippen molar-refractivity contribution < 1.29 is 9.53 Å². The molecule has 28 heavy (non-hydrogen) atoms. The summed E-state index contributed by atoms with van der Waals surface area (Å²) in [6.45, 7) is 5.00. The molecular formula is C19H20ClN5O2S. The molecule has 0 radical (unpaired) electrons. The van der Waals surface area contributed by atoms with Crippen LogP contribution in [-0.4, -0.2) is 31.4 Å². The lowest BCUT2D eigenvalue weighted by molar-refractivity contribution is -0.113. The van der Waals surface area contributed by atoms with Gasteiger partial charge >= 0.3 is 0 Å². The standard InChI is InChI=1S/C19H20ClN5O2S/c1-3-25-16(11-27-14-7-4-6-13(2)10-14)23-24-19(25)28-12-17(26)22-15-8-5-9-21-18(15)20/h4-10H,3,11-12H2,1-2H3,(H,22,26). The molecule has 0 fully saturated rings. The van der Waals surface area contributed by atoms with Crippen molar-refractivity contribution in [1.82, 2.24) is 19.7 Å². The predicted octanol–water partition coefficient (Wildman–Crippen LogP) is 3.96. The van der Waals surface area contributed by atoms with Crippen molar-refractivity contribution in [2.24, 2.45) is 0 Å². The highest BCUT2D eigenvalue weighted by atomic mass is 35.5. The minimum absolute atomic E-state index is 0.183. The number of halogens is 1. The zero-order chi connectivity index (χ0) is 19.9. The average molecular weight is 418 g/mol. The van der Waals surface area contributed by atoms with Gasteiger partial charge in [0.1, 0.15) is 12.4 Å². The summed E-state index contributed by atoms with van der Waals surface area (Å²) in [5, 5.41) is 12.1. The van der Waals surface area contributed by atoms with Crippen LogP contribution in [0.2, 0.25) is 5.15 Å². The van der Waals surface area contributed by atoms with Crippen molar-refractivity contribution in [3.8, 4) is 5.75 Å². The summed E-state index contributed by atoms with van der Waals surface area (Å²) in [6.07, 6.45) is 1.57. The van der Waals surface area contributed by atoms with E-state index in [0.29, 0.717) is 29.8 Å². The first-order valence-electron chi connectivity index (χ1n) is 8.71. The first-order chi connectivity index (χ1) is 13.6. The van der Waals surface area contributed by atoms with Gasteiger partial charge < -0.3 is 14.6 Å². The molecule has 0 bridgehead atoms. The molecule has 0 aliphatic rings. The number of amides is 1. The number of ether oxygens (including phenoxy) is 1. The van der Waals surface area contributed by atoms with E-state index in [4.69, 9.17) is 16.3 Å². The summed E-state index contributed by atoms with van der Waals surface area (Å²) < 4.78 is 7.75. The maximum atomic E-state index is 12.2. The molecule has 0 aliphatic heterocycles. The van der Waals surface area contributed by atoms with E-state index in [-0.39, 0.29) is 16.8 Å². The summed E-state index contributed by atoms with van der Waals surface area (Å²) in [5.74, 6) is 1.49. The first kappa shape index (κ1) is 20.2. The molecule has 1 aromatic carbocycles. The Morgan fingerprint density at radius 2 is 2.14 bits per heavy atom. The lowest BCUT2D eigenvalue weighted by Gasteiger charge is -2.09. The highest BCUT2D eigenvalue weighted by molar-refractivity contribution is 7.99. The summed E-state index contributed by atoms with van der Waals surface area (Å²) in [4.78, 5) is 16.1. The second-order valence-corrected chi connectivity index (χ2v) is 7.23. The molecule has 0 spiro atoms. The maximum absolute atomic E-state index is 12.2. The number of anilines is 1. The van der Waals surface area contributed by atoms with E-state index < -0.39 is 0 Å². The van der Waals surface area contributed by atoms with Gasteiger partial charge in [0, 0.05) is 12.7 Å². The van der Waals surface area contributed by atoms with E-state index in [1.54, 1.807) is 18.3 Å². The van der Waals surface area contributed by atoms with E-state index >= 15 is 0 Å². The third-order valence-electron chi connectivity index (χ3n) is 3.83. The van der Waals surface area contributed by atoms with Gasteiger partial charge in [-0.15, -0.1) is 10.2 Å². The average Bonchev–Trinajstić information content (AvgIpc) is 3.08. The van der Waals surface area contributed by atoms with Gasteiger partial charge in [-0.1, -0.05) is 35.5 Å². The van der Waals surface area contributed by atoms with Crippen LogP contribution in [-0.2, 0) is 17.9 Å². The summed E-state index contributed by atoms with van der Waals surface area (Å²) in [7, 11) is 0. The van der Waals surface area contributed by atoms with E-state index in [2.05, 4.69) is 20.5 Å². The van der Waals surface area contributed by atoms with Gasteiger partial charge in [-0.2, -0.15) is 0 Å². The van der Waals surface area contributed by atoms with Crippen molar-refractivity contribution in [2.45, 2.75) is 32.2 Å².